The molecule has 1 N–H and O–H groups in total. The summed E-state index contributed by atoms with van der Waals surface area (Å²) in [5.74, 6) is 0.0276. The third-order valence-electron chi connectivity index (χ3n) is 5.16. The van der Waals surface area contributed by atoms with Gasteiger partial charge in [0.15, 0.2) is 0 Å². The van der Waals surface area contributed by atoms with E-state index in [9.17, 15) is 14.9 Å². The number of nitro benzene ring substituents is 1. The fourth-order valence-electron chi connectivity index (χ4n) is 3.41. The van der Waals surface area contributed by atoms with Gasteiger partial charge in [-0.2, -0.15) is 0 Å². The molecule has 0 aliphatic rings. The van der Waals surface area contributed by atoms with Crippen LogP contribution >= 0.6 is 0 Å². The van der Waals surface area contributed by atoms with Crippen LogP contribution in [0, 0.1) is 17.0 Å². The minimum atomic E-state index is -0.481. The maximum atomic E-state index is 12.9. The van der Waals surface area contributed by atoms with Gasteiger partial charge in [0, 0.05) is 30.3 Å². The van der Waals surface area contributed by atoms with Gasteiger partial charge in [0.1, 0.15) is 0 Å². The molecule has 0 spiro atoms. The highest BCUT2D eigenvalue weighted by atomic mass is 16.6. The Kier molecular flexibility index (Phi) is 6.23. The van der Waals surface area contributed by atoms with Gasteiger partial charge in [-0.15, -0.1) is 0 Å². The topological polar surface area (TPSA) is 93.3 Å². The van der Waals surface area contributed by atoms with Gasteiger partial charge in [-0.3, -0.25) is 20.2 Å². The molecule has 2 aromatic carbocycles. The smallest absolute Gasteiger partial charge is 0.273 e. The summed E-state index contributed by atoms with van der Waals surface area (Å²) in [6.07, 6.45) is 0. The van der Waals surface area contributed by atoms with Crippen molar-refractivity contribution in [3.8, 4) is 0 Å². The van der Waals surface area contributed by atoms with Gasteiger partial charge in [-0.05, 0) is 38.2 Å². The van der Waals surface area contributed by atoms with Gasteiger partial charge in [-0.25, -0.2) is 4.98 Å². The highest BCUT2D eigenvalue weighted by Crippen LogP contribution is 2.24. The van der Waals surface area contributed by atoms with Crippen LogP contribution in [0.5, 0.6) is 0 Å². The standard InChI is InChI=1S/C21H25N5O3/c1-4-24(5-2)13-14-25-19-11-7-6-10-17(19)22-21(25)23-20(27)16-9-8-12-18(15(16)3)26(28)29/h6-12H,4-5,13-14H2,1-3H3,(H,22,23,27). The number of benzene rings is 2. The van der Waals surface area contributed by atoms with Crippen LogP contribution < -0.4 is 5.32 Å². The highest BCUT2D eigenvalue weighted by molar-refractivity contribution is 6.05. The number of hydrogen-bond donors (Lipinski definition) is 1. The molecule has 3 rings (SSSR count). The Labute approximate surface area is 169 Å². The molecule has 8 nitrogen and oxygen atoms in total. The van der Waals surface area contributed by atoms with Gasteiger partial charge in [0.2, 0.25) is 5.95 Å². The van der Waals surface area contributed by atoms with E-state index in [1.54, 1.807) is 13.0 Å². The molecule has 152 valence electrons. The fraction of sp³-hybridized carbons (Fsp3) is 0.333. The van der Waals surface area contributed by atoms with Crippen LogP contribution in [0.4, 0.5) is 11.6 Å². The van der Waals surface area contributed by atoms with Crippen molar-refractivity contribution in [2.45, 2.75) is 27.3 Å². The Morgan fingerprint density at radius 3 is 2.59 bits per heavy atom. The molecule has 1 aromatic heterocycles. The summed E-state index contributed by atoms with van der Waals surface area (Å²) in [6.45, 7) is 9.19. The lowest BCUT2D eigenvalue weighted by Gasteiger charge is -2.19. The minimum absolute atomic E-state index is 0.0762. The molecular formula is C21H25N5O3. The first-order valence-corrected chi connectivity index (χ1v) is 9.69. The maximum Gasteiger partial charge on any atom is 0.273 e. The van der Waals surface area contributed by atoms with Crippen molar-refractivity contribution < 1.29 is 9.72 Å². The third kappa shape index (κ3) is 4.27. The van der Waals surface area contributed by atoms with Crippen molar-refractivity contribution in [3.63, 3.8) is 0 Å². The first kappa shape index (κ1) is 20.5. The number of hydrogen-bond acceptors (Lipinski definition) is 5. The van der Waals surface area contributed by atoms with Crippen LogP contribution in [0.1, 0.15) is 29.8 Å². The Balaban J connectivity index is 1.93. The zero-order valence-corrected chi connectivity index (χ0v) is 16.9. The van der Waals surface area contributed by atoms with Gasteiger partial charge in [-0.1, -0.05) is 32.0 Å². The van der Waals surface area contributed by atoms with E-state index >= 15 is 0 Å². The Morgan fingerprint density at radius 2 is 1.90 bits per heavy atom. The molecule has 0 unspecified atom stereocenters. The van der Waals surface area contributed by atoms with Crippen molar-refractivity contribution in [2.24, 2.45) is 0 Å². The van der Waals surface area contributed by atoms with Crippen molar-refractivity contribution in [1.82, 2.24) is 14.5 Å². The van der Waals surface area contributed by atoms with E-state index < -0.39 is 10.8 Å². The number of nitro groups is 1. The van der Waals surface area contributed by atoms with E-state index in [4.69, 9.17) is 0 Å². The summed E-state index contributed by atoms with van der Waals surface area (Å²) in [5, 5.41) is 14.0. The second-order valence-corrected chi connectivity index (χ2v) is 6.76. The highest BCUT2D eigenvalue weighted by Gasteiger charge is 2.20. The lowest BCUT2D eigenvalue weighted by molar-refractivity contribution is -0.385. The number of carbonyl (C=O) groups is 1. The Morgan fingerprint density at radius 1 is 1.17 bits per heavy atom. The summed E-state index contributed by atoms with van der Waals surface area (Å²) in [7, 11) is 0. The molecule has 3 aromatic rings. The van der Waals surface area contributed by atoms with Crippen molar-refractivity contribution >= 4 is 28.6 Å². The summed E-state index contributed by atoms with van der Waals surface area (Å²) in [5.41, 5.74) is 2.25. The molecule has 0 saturated heterocycles. The molecule has 0 atom stereocenters. The summed E-state index contributed by atoms with van der Waals surface area (Å²) >= 11 is 0. The van der Waals surface area contributed by atoms with Gasteiger partial charge in [0.25, 0.3) is 11.6 Å². The molecule has 8 heteroatoms. The predicted molar refractivity (Wildman–Crippen MR) is 113 cm³/mol. The second-order valence-electron chi connectivity index (χ2n) is 6.76. The molecule has 0 fully saturated rings. The van der Waals surface area contributed by atoms with E-state index in [-0.39, 0.29) is 11.3 Å². The average Bonchev–Trinajstić information content (AvgIpc) is 3.05. The summed E-state index contributed by atoms with van der Waals surface area (Å²) < 4.78 is 1.98. The number of rotatable bonds is 8. The fourth-order valence-corrected chi connectivity index (χ4v) is 3.41. The van der Waals surface area contributed by atoms with Crippen LogP contribution in [0.3, 0.4) is 0 Å². The number of fused-ring (bicyclic) bond motifs is 1. The molecule has 1 heterocycles. The molecule has 0 radical (unpaired) electrons. The molecule has 0 bridgehead atoms. The van der Waals surface area contributed by atoms with Crippen LogP contribution in [0.2, 0.25) is 0 Å². The Hall–Kier alpha value is -3.26. The molecular weight excluding hydrogens is 370 g/mol. The molecule has 0 aliphatic heterocycles. The maximum absolute atomic E-state index is 12.9. The lowest BCUT2D eigenvalue weighted by atomic mass is 10.1. The first-order chi connectivity index (χ1) is 14.0. The molecule has 29 heavy (non-hydrogen) atoms. The van der Waals surface area contributed by atoms with Crippen molar-refractivity contribution in [1.29, 1.82) is 0 Å². The average molecular weight is 395 g/mol. The molecule has 1 amide bonds. The second kappa shape index (κ2) is 8.83. The number of nitrogens with zero attached hydrogens (tertiary/aromatic N) is 4. The van der Waals surface area contributed by atoms with E-state index in [1.165, 1.54) is 12.1 Å². The van der Waals surface area contributed by atoms with Crippen molar-refractivity contribution in [2.75, 3.05) is 25.0 Å². The normalized spacial score (nSPS) is 11.2. The van der Waals surface area contributed by atoms with Crippen LogP contribution in [-0.4, -0.2) is 44.9 Å². The first-order valence-electron chi connectivity index (χ1n) is 9.69. The zero-order valence-electron chi connectivity index (χ0n) is 16.9. The number of anilines is 1. The van der Waals surface area contributed by atoms with Crippen molar-refractivity contribution in [3.05, 3.63) is 63.7 Å². The monoisotopic (exact) mass is 395 g/mol. The largest absolute Gasteiger partial charge is 0.309 e. The van der Waals surface area contributed by atoms with Gasteiger partial charge < -0.3 is 9.47 Å². The van der Waals surface area contributed by atoms with Crippen LogP contribution in [0.15, 0.2) is 42.5 Å². The summed E-state index contributed by atoms with van der Waals surface area (Å²) in [6, 6.07) is 12.2. The van der Waals surface area contributed by atoms with E-state index in [2.05, 4.69) is 29.0 Å². The van der Waals surface area contributed by atoms with Crippen LogP contribution in [0.25, 0.3) is 11.0 Å². The number of imidazole rings is 1. The molecule has 0 saturated carbocycles. The van der Waals surface area contributed by atoms with E-state index in [0.717, 1.165) is 30.7 Å². The Bertz CT molecular complexity index is 1040. The summed E-state index contributed by atoms with van der Waals surface area (Å²) in [4.78, 5) is 30.5. The number of para-hydroxylation sites is 2. The number of amides is 1. The third-order valence-corrected chi connectivity index (χ3v) is 5.16. The van der Waals surface area contributed by atoms with E-state index in [0.29, 0.717) is 18.1 Å². The quantitative estimate of drug-likeness (QED) is 0.462. The SMILES string of the molecule is CCN(CC)CCn1c(NC(=O)c2cccc([N+](=O)[O-])c2C)nc2ccccc21. The number of likely N-dealkylation sites (N-methyl/N-ethyl adjacent to an activating group) is 1. The minimum Gasteiger partial charge on any atom is -0.309 e. The van der Waals surface area contributed by atoms with Gasteiger partial charge in [0.05, 0.1) is 16.0 Å². The number of nitrogens with one attached hydrogen (secondary N) is 1. The zero-order chi connectivity index (χ0) is 21.0. The predicted octanol–water partition coefficient (Wildman–Crippen LogP) is 3.85. The lowest BCUT2D eigenvalue weighted by Crippen LogP contribution is -2.27. The number of aromatic nitrogens is 2. The van der Waals surface area contributed by atoms with Gasteiger partial charge >= 0.3 is 0 Å². The number of carbonyl (C=O) groups excluding carboxylic acids is 1. The van der Waals surface area contributed by atoms with Crippen LogP contribution in [-0.2, 0) is 6.54 Å². The molecule has 0 aliphatic carbocycles. The van der Waals surface area contributed by atoms with E-state index in [1.807, 2.05) is 28.8 Å².